The van der Waals surface area contributed by atoms with Crippen LogP contribution in [-0.2, 0) is 6.54 Å². The highest BCUT2D eigenvalue weighted by Crippen LogP contribution is 2.33. The van der Waals surface area contributed by atoms with Crippen molar-refractivity contribution in [3.8, 4) is 5.75 Å². The van der Waals surface area contributed by atoms with E-state index in [1.807, 2.05) is 46.0 Å². The summed E-state index contributed by atoms with van der Waals surface area (Å²) in [5.74, 6) is 0.735. The summed E-state index contributed by atoms with van der Waals surface area (Å²) in [7, 11) is 2.01. The summed E-state index contributed by atoms with van der Waals surface area (Å²) in [5.41, 5.74) is 8.91. The Kier molecular flexibility index (Phi) is 4.49. The fourth-order valence-electron chi connectivity index (χ4n) is 2.03. The van der Waals surface area contributed by atoms with Crippen molar-refractivity contribution in [3.05, 3.63) is 34.3 Å². The topological polar surface area (TPSA) is 51.4 Å². The molecule has 5 heteroatoms. The molecule has 0 radical (unpaired) electrons. The largest absolute Gasteiger partial charge is 0.489 e. The number of nitrogens with zero attached hydrogens (tertiary/aromatic N) is 2. The van der Waals surface area contributed by atoms with Crippen molar-refractivity contribution in [1.29, 1.82) is 0 Å². The summed E-state index contributed by atoms with van der Waals surface area (Å²) in [4.78, 5) is 6.58. The molecule has 0 saturated heterocycles. The molecule has 0 fully saturated rings. The third kappa shape index (κ3) is 3.42. The standard InChI is InChI=1S/C15H21N3OS/c1-10(2)19-14-7-5-6-13(15(14)16)18(4)8-12-9-20-11(3)17-12/h5-7,9-10H,8,16H2,1-4H3. The maximum atomic E-state index is 6.21. The van der Waals surface area contributed by atoms with Crippen LogP contribution >= 0.6 is 11.3 Å². The van der Waals surface area contributed by atoms with E-state index in [2.05, 4.69) is 15.3 Å². The highest BCUT2D eigenvalue weighted by molar-refractivity contribution is 7.09. The molecule has 0 spiro atoms. The second-order valence-corrected chi connectivity index (χ2v) is 6.13. The molecule has 0 bridgehead atoms. The Balaban J connectivity index is 2.19. The molecule has 2 N–H and O–H groups in total. The molecule has 1 aromatic heterocycles. The molecule has 0 aliphatic heterocycles. The number of aromatic nitrogens is 1. The maximum absolute atomic E-state index is 6.21. The lowest BCUT2D eigenvalue weighted by atomic mass is 10.2. The molecule has 2 rings (SSSR count). The highest BCUT2D eigenvalue weighted by Gasteiger charge is 2.12. The van der Waals surface area contributed by atoms with E-state index in [9.17, 15) is 0 Å². The molecule has 1 heterocycles. The summed E-state index contributed by atoms with van der Waals surface area (Å²) < 4.78 is 5.72. The number of nitrogen functional groups attached to an aromatic ring is 1. The molecule has 1 aromatic carbocycles. The number of hydrogen-bond acceptors (Lipinski definition) is 5. The maximum Gasteiger partial charge on any atom is 0.144 e. The van der Waals surface area contributed by atoms with Crippen LogP contribution in [0.1, 0.15) is 24.5 Å². The minimum atomic E-state index is 0.110. The molecule has 0 amide bonds. The zero-order valence-corrected chi connectivity index (χ0v) is 13.2. The number of hydrogen-bond donors (Lipinski definition) is 1. The first-order chi connectivity index (χ1) is 9.47. The van der Waals surface area contributed by atoms with Gasteiger partial charge in [0.05, 0.1) is 34.7 Å². The molecular weight excluding hydrogens is 270 g/mol. The van der Waals surface area contributed by atoms with Gasteiger partial charge >= 0.3 is 0 Å². The normalized spacial score (nSPS) is 10.8. The lowest BCUT2D eigenvalue weighted by Gasteiger charge is -2.22. The van der Waals surface area contributed by atoms with E-state index in [-0.39, 0.29) is 6.10 Å². The number of thiazole rings is 1. The second-order valence-electron chi connectivity index (χ2n) is 5.07. The third-order valence-corrected chi connectivity index (χ3v) is 3.71. The van der Waals surface area contributed by atoms with E-state index >= 15 is 0 Å². The molecule has 0 aliphatic carbocycles. The predicted molar refractivity (Wildman–Crippen MR) is 85.6 cm³/mol. The first kappa shape index (κ1) is 14.7. The van der Waals surface area contributed by atoms with Crippen LogP contribution in [0.15, 0.2) is 23.6 Å². The van der Waals surface area contributed by atoms with Gasteiger partial charge in [-0.3, -0.25) is 0 Å². The van der Waals surface area contributed by atoms with Gasteiger partial charge in [-0.05, 0) is 32.9 Å². The van der Waals surface area contributed by atoms with Gasteiger partial charge in [0.15, 0.2) is 0 Å². The summed E-state index contributed by atoms with van der Waals surface area (Å²) in [6.07, 6.45) is 0.110. The van der Waals surface area contributed by atoms with Gasteiger partial charge in [0.1, 0.15) is 5.75 Å². The fourth-order valence-corrected chi connectivity index (χ4v) is 2.63. The van der Waals surface area contributed by atoms with Gasteiger partial charge in [-0.25, -0.2) is 4.98 Å². The number of nitrogens with two attached hydrogens (primary N) is 1. The number of para-hydroxylation sites is 1. The lowest BCUT2D eigenvalue weighted by molar-refractivity contribution is 0.244. The van der Waals surface area contributed by atoms with E-state index in [1.165, 1.54) is 0 Å². The number of ether oxygens (including phenoxy) is 1. The van der Waals surface area contributed by atoms with Gasteiger partial charge in [-0.1, -0.05) is 6.07 Å². The lowest BCUT2D eigenvalue weighted by Crippen LogP contribution is -2.19. The van der Waals surface area contributed by atoms with Crippen LogP contribution in [-0.4, -0.2) is 18.1 Å². The van der Waals surface area contributed by atoms with Crippen molar-refractivity contribution >= 4 is 22.7 Å². The Morgan fingerprint density at radius 1 is 1.40 bits per heavy atom. The van der Waals surface area contributed by atoms with E-state index in [4.69, 9.17) is 10.5 Å². The summed E-state index contributed by atoms with van der Waals surface area (Å²) >= 11 is 1.66. The van der Waals surface area contributed by atoms with Crippen LogP contribution in [0, 0.1) is 6.92 Å². The summed E-state index contributed by atoms with van der Waals surface area (Å²) in [6.45, 7) is 6.74. The Morgan fingerprint density at radius 2 is 2.15 bits per heavy atom. The number of benzene rings is 1. The Bertz CT molecular complexity index is 580. The van der Waals surface area contributed by atoms with Crippen LogP contribution < -0.4 is 15.4 Å². The number of anilines is 2. The quantitative estimate of drug-likeness (QED) is 0.857. The first-order valence-corrected chi connectivity index (χ1v) is 7.52. The van der Waals surface area contributed by atoms with Gasteiger partial charge in [0, 0.05) is 12.4 Å². The molecule has 2 aromatic rings. The molecular formula is C15H21N3OS. The van der Waals surface area contributed by atoms with Crippen LogP contribution in [0.2, 0.25) is 0 Å². The molecule has 20 heavy (non-hydrogen) atoms. The molecule has 0 saturated carbocycles. The molecule has 0 aliphatic rings. The van der Waals surface area contributed by atoms with Crippen LogP contribution in [0.5, 0.6) is 5.75 Å². The minimum Gasteiger partial charge on any atom is -0.489 e. The average molecular weight is 291 g/mol. The van der Waals surface area contributed by atoms with Crippen LogP contribution in [0.4, 0.5) is 11.4 Å². The van der Waals surface area contributed by atoms with Gasteiger partial charge in [0.25, 0.3) is 0 Å². The minimum absolute atomic E-state index is 0.110. The monoisotopic (exact) mass is 291 g/mol. The van der Waals surface area contributed by atoms with Gasteiger partial charge in [-0.2, -0.15) is 0 Å². The van der Waals surface area contributed by atoms with E-state index in [0.29, 0.717) is 5.69 Å². The zero-order valence-electron chi connectivity index (χ0n) is 12.4. The van der Waals surface area contributed by atoms with Crippen molar-refractivity contribution in [1.82, 2.24) is 4.98 Å². The van der Waals surface area contributed by atoms with Gasteiger partial charge < -0.3 is 15.4 Å². The summed E-state index contributed by atoms with van der Waals surface area (Å²) in [5, 5.41) is 3.16. The van der Waals surface area contributed by atoms with E-state index in [1.54, 1.807) is 11.3 Å². The zero-order chi connectivity index (χ0) is 14.7. The molecule has 108 valence electrons. The van der Waals surface area contributed by atoms with E-state index in [0.717, 1.165) is 28.7 Å². The third-order valence-electron chi connectivity index (χ3n) is 2.88. The highest BCUT2D eigenvalue weighted by atomic mass is 32.1. The Labute approximate surface area is 124 Å². The van der Waals surface area contributed by atoms with Crippen molar-refractivity contribution in [2.75, 3.05) is 17.7 Å². The Morgan fingerprint density at radius 3 is 2.75 bits per heavy atom. The van der Waals surface area contributed by atoms with Crippen molar-refractivity contribution < 1.29 is 4.74 Å². The van der Waals surface area contributed by atoms with Crippen LogP contribution in [0.25, 0.3) is 0 Å². The second kappa shape index (κ2) is 6.13. The van der Waals surface area contributed by atoms with Crippen LogP contribution in [0.3, 0.4) is 0 Å². The number of rotatable bonds is 5. The average Bonchev–Trinajstić information content (AvgIpc) is 2.76. The smallest absolute Gasteiger partial charge is 0.144 e. The molecule has 4 nitrogen and oxygen atoms in total. The van der Waals surface area contributed by atoms with Gasteiger partial charge in [-0.15, -0.1) is 11.3 Å². The SMILES string of the molecule is Cc1nc(CN(C)c2cccc(OC(C)C)c2N)cs1. The number of aryl methyl sites for hydroxylation is 1. The predicted octanol–water partition coefficient (Wildman–Crippen LogP) is 3.46. The molecule has 0 unspecified atom stereocenters. The fraction of sp³-hybridized carbons (Fsp3) is 0.400. The summed E-state index contributed by atoms with van der Waals surface area (Å²) in [6, 6.07) is 5.87. The van der Waals surface area contributed by atoms with Crippen molar-refractivity contribution in [2.45, 2.75) is 33.4 Å². The van der Waals surface area contributed by atoms with E-state index < -0.39 is 0 Å². The Hall–Kier alpha value is -1.75. The first-order valence-electron chi connectivity index (χ1n) is 6.64. The van der Waals surface area contributed by atoms with Gasteiger partial charge in [0.2, 0.25) is 0 Å². The van der Waals surface area contributed by atoms with Crippen molar-refractivity contribution in [2.24, 2.45) is 0 Å². The molecule has 0 atom stereocenters. The van der Waals surface area contributed by atoms with Crippen molar-refractivity contribution in [3.63, 3.8) is 0 Å².